The standard InChI is InChI=1S/C22H23N3O/c1-15-5-4-11-25(15)12-10-17-13-16-6-2-8-19(22(16)26-17)18-7-3-9-20-21(18)24-14-23-20/h2-3,6-9,13-15H,4-5,10-12H2,1H3,(H,23,24). The van der Waals surface area contributed by atoms with Crippen LogP contribution in [0.15, 0.2) is 53.2 Å². The Morgan fingerprint density at radius 2 is 2.08 bits per heavy atom. The molecule has 1 atom stereocenters. The van der Waals surface area contributed by atoms with Gasteiger partial charge in [-0.05, 0) is 38.4 Å². The van der Waals surface area contributed by atoms with Crippen LogP contribution in [-0.2, 0) is 6.42 Å². The van der Waals surface area contributed by atoms with Gasteiger partial charge in [-0.15, -0.1) is 0 Å². The van der Waals surface area contributed by atoms with Crippen LogP contribution < -0.4 is 0 Å². The minimum atomic E-state index is 0.701. The minimum Gasteiger partial charge on any atom is -0.460 e. The Morgan fingerprint density at radius 3 is 2.96 bits per heavy atom. The maximum absolute atomic E-state index is 6.31. The summed E-state index contributed by atoms with van der Waals surface area (Å²) in [7, 11) is 0. The second kappa shape index (κ2) is 6.29. The molecule has 1 fully saturated rings. The van der Waals surface area contributed by atoms with E-state index in [0.29, 0.717) is 6.04 Å². The number of aromatic nitrogens is 2. The molecule has 1 aliphatic rings. The van der Waals surface area contributed by atoms with E-state index in [1.165, 1.54) is 24.8 Å². The summed E-state index contributed by atoms with van der Waals surface area (Å²) >= 11 is 0. The number of hydrogen-bond acceptors (Lipinski definition) is 3. The van der Waals surface area contributed by atoms with Gasteiger partial charge in [0.05, 0.1) is 17.4 Å². The van der Waals surface area contributed by atoms with Crippen LogP contribution in [0.2, 0.25) is 0 Å². The molecule has 0 spiro atoms. The van der Waals surface area contributed by atoms with E-state index in [4.69, 9.17) is 4.42 Å². The van der Waals surface area contributed by atoms with Crippen LogP contribution in [0.3, 0.4) is 0 Å². The Bertz CT molecular complexity index is 1060. The Morgan fingerprint density at radius 1 is 1.19 bits per heavy atom. The summed E-state index contributed by atoms with van der Waals surface area (Å²) < 4.78 is 6.31. The van der Waals surface area contributed by atoms with Crippen molar-refractivity contribution in [2.24, 2.45) is 0 Å². The molecule has 1 aliphatic heterocycles. The quantitative estimate of drug-likeness (QED) is 0.566. The first kappa shape index (κ1) is 15.6. The first-order chi connectivity index (χ1) is 12.8. The van der Waals surface area contributed by atoms with E-state index in [2.05, 4.69) is 64.3 Å². The average Bonchev–Trinajstić information content (AvgIpc) is 3.38. The van der Waals surface area contributed by atoms with E-state index < -0.39 is 0 Å². The zero-order valence-electron chi connectivity index (χ0n) is 15.0. The summed E-state index contributed by atoms with van der Waals surface area (Å²) in [5.41, 5.74) is 5.23. The molecule has 0 aliphatic carbocycles. The SMILES string of the molecule is CC1CCCN1CCc1cc2cccc(-c3cccc4[nH]cnc34)c2o1. The van der Waals surface area contributed by atoms with Gasteiger partial charge in [-0.25, -0.2) is 4.98 Å². The van der Waals surface area contributed by atoms with Crippen LogP contribution in [0, 0.1) is 0 Å². The minimum absolute atomic E-state index is 0.701. The van der Waals surface area contributed by atoms with Crippen LogP contribution in [0.25, 0.3) is 33.1 Å². The summed E-state index contributed by atoms with van der Waals surface area (Å²) in [6.07, 6.45) is 5.35. The lowest BCUT2D eigenvalue weighted by molar-refractivity contribution is 0.266. The fourth-order valence-electron chi connectivity index (χ4n) is 4.21. The molecule has 1 unspecified atom stereocenters. The molecule has 2 aromatic heterocycles. The lowest BCUT2D eigenvalue weighted by atomic mass is 10.0. The number of aromatic amines is 1. The number of H-pyrrole nitrogens is 1. The highest BCUT2D eigenvalue weighted by molar-refractivity contribution is 6.01. The number of para-hydroxylation sites is 2. The van der Waals surface area contributed by atoms with Crippen LogP contribution in [0.1, 0.15) is 25.5 Å². The Balaban J connectivity index is 1.51. The maximum atomic E-state index is 6.31. The topological polar surface area (TPSA) is 45.1 Å². The molecule has 3 heterocycles. The van der Waals surface area contributed by atoms with Crippen LogP contribution in [-0.4, -0.2) is 34.0 Å². The second-order valence-corrected chi connectivity index (χ2v) is 7.32. The Kier molecular flexibility index (Phi) is 3.79. The highest BCUT2D eigenvalue weighted by Gasteiger charge is 2.20. The molecule has 1 saturated heterocycles. The molecule has 1 N–H and O–H groups in total. The van der Waals surface area contributed by atoms with Crippen LogP contribution in [0.4, 0.5) is 0 Å². The largest absolute Gasteiger partial charge is 0.460 e. The van der Waals surface area contributed by atoms with Gasteiger partial charge in [0, 0.05) is 35.5 Å². The van der Waals surface area contributed by atoms with Gasteiger partial charge >= 0.3 is 0 Å². The first-order valence-electron chi connectivity index (χ1n) is 9.47. The molecule has 26 heavy (non-hydrogen) atoms. The van der Waals surface area contributed by atoms with Crippen molar-refractivity contribution in [2.45, 2.75) is 32.2 Å². The van der Waals surface area contributed by atoms with Gasteiger partial charge in [0.15, 0.2) is 0 Å². The lowest BCUT2D eigenvalue weighted by Gasteiger charge is -2.19. The van der Waals surface area contributed by atoms with Gasteiger partial charge in [-0.2, -0.15) is 0 Å². The van der Waals surface area contributed by atoms with Crippen LogP contribution >= 0.6 is 0 Å². The molecule has 0 radical (unpaired) electrons. The number of likely N-dealkylation sites (tertiary alicyclic amines) is 1. The first-order valence-corrected chi connectivity index (χ1v) is 9.47. The Labute approximate surface area is 152 Å². The van der Waals surface area contributed by atoms with Gasteiger partial charge < -0.3 is 14.3 Å². The number of hydrogen-bond donors (Lipinski definition) is 1. The maximum Gasteiger partial charge on any atom is 0.142 e. The van der Waals surface area contributed by atoms with E-state index in [9.17, 15) is 0 Å². The van der Waals surface area contributed by atoms with E-state index in [1.807, 2.05) is 0 Å². The van der Waals surface area contributed by atoms with Gasteiger partial charge in [-0.1, -0.05) is 30.3 Å². The molecule has 4 nitrogen and oxygen atoms in total. The molecule has 4 aromatic rings. The fraction of sp³-hybridized carbons (Fsp3) is 0.318. The summed E-state index contributed by atoms with van der Waals surface area (Å²) in [4.78, 5) is 10.3. The summed E-state index contributed by atoms with van der Waals surface area (Å²) in [5, 5.41) is 1.17. The molecule has 0 amide bonds. The molecule has 2 aromatic carbocycles. The second-order valence-electron chi connectivity index (χ2n) is 7.32. The number of rotatable bonds is 4. The smallest absolute Gasteiger partial charge is 0.142 e. The highest BCUT2D eigenvalue weighted by atomic mass is 16.3. The highest BCUT2D eigenvalue weighted by Crippen LogP contribution is 2.34. The van der Waals surface area contributed by atoms with Crippen molar-refractivity contribution in [3.05, 3.63) is 54.6 Å². The number of nitrogens with zero attached hydrogens (tertiary/aromatic N) is 2. The van der Waals surface area contributed by atoms with Crippen molar-refractivity contribution in [1.29, 1.82) is 0 Å². The normalized spacial score (nSPS) is 18.3. The molecule has 0 saturated carbocycles. The van der Waals surface area contributed by atoms with Crippen molar-refractivity contribution in [2.75, 3.05) is 13.1 Å². The van der Waals surface area contributed by atoms with Crippen molar-refractivity contribution in [1.82, 2.24) is 14.9 Å². The monoisotopic (exact) mass is 345 g/mol. The van der Waals surface area contributed by atoms with E-state index in [0.717, 1.165) is 46.5 Å². The van der Waals surface area contributed by atoms with Crippen molar-refractivity contribution >= 4 is 22.0 Å². The van der Waals surface area contributed by atoms with Crippen molar-refractivity contribution in [3.8, 4) is 11.1 Å². The molecule has 4 heteroatoms. The third-order valence-corrected chi connectivity index (χ3v) is 5.67. The zero-order chi connectivity index (χ0) is 17.5. The number of furan rings is 1. The molecule has 5 rings (SSSR count). The number of fused-ring (bicyclic) bond motifs is 2. The van der Waals surface area contributed by atoms with Gasteiger partial charge in [0.25, 0.3) is 0 Å². The van der Waals surface area contributed by atoms with E-state index in [-0.39, 0.29) is 0 Å². The summed E-state index contributed by atoms with van der Waals surface area (Å²) in [6, 6.07) is 15.5. The third-order valence-electron chi connectivity index (χ3n) is 5.67. The van der Waals surface area contributed by atoms with Crippen molar-refractivity contribution < 1.29 is 4.42 Å². The van der Waals surface area contributed by atoms with Crippen LogP contribution in [0.5, 0.6) is 0 Å². The number of benzene rings is 2. The zero-order valence-corrected chi connectivity index (χ0v) is 15.0. The lowest BCUT2D eigenvalue weighted by Crippen LogP contribution is -2.28. The van der Waals surface area contributed by atoms with E-state index >= 15 is 0 Å². The summed E-state index contributed by atoms with van der Waals surface area (Å²) in [5.74, 6) is 1.07. The number of imidazole rings is 1. The molecular weight excluding hydrogens is 322 g/mol. The van der Waals surface area contributed by atoms with E-state index in [1.54, 1.807) is 6.33 Å². The van der Waals surface area contributed by atoms with Gasteiger partial charge in [0.2, 0.25) is 0 Å². The van der Waals surface area contributed by atoms with Crippen molar-refractivity contribution in [3.63, 3.8) is 0 Å². The predicted octanol–water partition coefficient (Wildman–Crippen LogP) is 5.00. The Hall–Kier alpha value is -2.59. The van der Waals surface area contributed by atoms with Gasteiger partial charge in [0.1, 0.15) is 11.3 Å². The van der Waals surface area contributed by atoms with Gasteiger partial charge in [-0.3, -0.25) is 0 Å². The predicted molar refractivity (Wildman–Crippen MR) is 105 cm³/mol. The fourth-order valence-corrected chi connectivity index (χ4v) is 4.21. The molecule has 0 bridgehead atoms. The third kappa shape index (κ3) is 2.61. The average molecular weight is 345 g/mol. The summed E-state index contributed by atoms with van der Waals surface area (Å²) in [6.45, 7) is 4.62. The molecular formula is C22H23N3O. The molecule has 132 valence electrons. The number of nitrogens with one attached hydrogen (secondary N) is 1.